The molecule has 1 amide bonds. The highest BCUT2D eigenvalue weighted by molar-refractivity contribution is 5.95. The number of amides is 1. The highest BCUT2D eigenvalue weighted by Gasteiger charge is 2.21. The van der Waals surface area contributed by atoms with Gasteiger partial charge in [-0.15, -0.1) is 0 Å². The lowest BCUT2D eigenvalue weighted by atomic mass is 10.1. The van der Waals surface area contributed by atoms with Gasteiger partial charge in [0.1, 0.15) is 0 Å². The largest absolute Gasteiger partial charge is 0.378 e. The van der Waals surface area contributed by atoms with Crippen molar-refractivity contribution in [3.8, 4) is 0 Å². The van der Waals surface area contributed by atoms with E-state index in [0.29, 0.717) is 18.0 Å². The summed E-state index contributed by atoms with van der Waals surface area (Å²) in [6, 6.07) is 7.65. The van der Waals surface area contributed by atoms with Gasteiger partial charge in [0.2, 0.25) is 0 Å². The van der Waals surface area contributed by atoms with Gasteiger partial charge in [-0.25, -0.2) is 0 Å². The number of nitrogens with one attached hydrogen (secondary N) is 1. The van der Waals surface area contributed by atoms with Crippen molar-refractivity contribution < 1.29 is 9.53 Å². The molecule has 1 heterocycles. The molecule has 1 aliphatic heterocycles. The van der Waals surface area contributed by atoms with Gasteiger partial charge in [-0.05, 0) is 24.1 Å². The van der Waals surface area contributed by atoms with Crippen molar-refractivity contribution in [2.24, 2.45) is 5.92 Å². The molecule has 128 valence electrons. The Labute approximate surface area is 139 Å². The summed E-state index contributed by atoms with van der Waals surface area (Å²) in [5.74, 6) is 0.607. The number of hydrogen-bond donors (Lipinski definition) is 1. The fourth-order valence-electron chi connectivity index (χ4n) is 2.82. The van der Waals surface area contributed by atoms with Gasteiger partial charge in [-0.1, -0.05) is 19.9 Å². The fourth-order valence-corrected chi connectivity index (χ4v) is 2.82. The van der Waals surface area contributed by atoms with E-state index in [4.69, 9.17) is 4.74 Å². The van der Waals surface area contributed by atoms with Gasteiger partial charge in [0.15, 0.2) is 0 Å². The smallest absolute Gasteiger partial charge is 0.251 e. The summed E-state index contributed by atoms with van der Waals surface area (Å²) in [5, 5.41) is 3.00. The number of rotatable bonds is 6. The summed E-state index contributed by atoms with van der Waals surface area (Å²) < 4.78 is 5.77. The number of ether oxygens (including phenoxy) is 1. The Morgan fingerprint density at radius 1 is 1.43 bits per heavy atom. The van der Waals surface area contributed by atoms with E-state index in [-0.39, 0.29) is 12.0 Å². The first-order valence-electron chi connectivity index (χ1n) is 8.35. The molecule has 1 aromatic carbocycles. The van der Waals surface area contributed by atoms with Crippen LogP contribution < -0.4 is 10.2 Å². The Kier molecular flexibility index (Phi) is 6.42. The van der Waals surface area contributed by atoms with Gasteiger partial charge < -0.3 is 15.0 Å². The molecule has 0 aromatic heterocycles. The van der Waals surface area contributed by atoms with Gasteiger partial charge >= 0.3 is 0 Å². The summed E-state index contributed by atoms with van der Waals surface area (Å²) in [6.07, 6.45) is 0.0727. The molecule has 5 heteroatoms. The summed E-state index contributed by atoms with van der Waals surface area (Å²) in [7, 11) is 3.94. The van der Waals surface area contributed by atoms with Gasteiger partial charge in [-0.3, -0.25) is 9.69 Å². The monoisotopic (exact) mass is 319 g/mol. The van der Waals surface area contributed by atoms with E-state index in [1.54, 1.807) is 0 Å². The van der Waals surface area contributed by atoms with Crippen LogP contribution in [0.25, 0.3) is 0 Å². The van der Waals surface area contributed by atoms with E-state index >= 15 is 0 Å². The van der Waals surface area contributed by atoms with Crippen LogP contribution in [0.1, 0.15) is 24.2 Å². The summed E-state index contributed by atoms with van der Waals surface area (Å²) >= 11 is 0. The highest BCUT2D eigenvalue weighted by Crippen LogP contribution is 2.13. The predicted octanol–water partition coefficient (Wildman–Crippen LogP) is 1.84. The van der Waals surface area contributed by atoms with Crippen molar-refractivity contribution in [1.82, 2.24) is 10.2 Å². The van der Waals surface area contributed by atoms with Gasteiger partial charge in [0.05, 0.1) is 12.7 Å². The molecular weight excluding hydrogens is 290 g/mol. The van der Waals surface area contributed by atoms with Crippen LogP contribution in [0.2, 0.25) is 0 Å². The normalized spacial score (nSPS) is 18.9. The number of carbonyl (C=O) groups excluding carboxylic acids is 1. The van der Waals surface area contributed by atoms with E-state index in [9.17, 15) is 4.79 Å². The minimum Gasteiger partial charge on any atom is -0.378 e. The van der Waals surface area contributed by atoms with Gasteiger partial charge in [0.25, 0.3) is 5.91 Å². The quantitative estimate of drug-likeness (QED) is 0.869. The van der Waals surface area contributed by atoms with E-state index in [1.165, 1.54) is 0 Å². The van der Waals surface area contributed by atoms with Crippen LogP contribution in [0.3, 0.4) is 0 Å². The molecule has 5 nitrogen and oxygen atoms in total. The van der Waals surface area contributed by atoms with Crippen LogP contribution in [-0.4, -0.2) is 63.8 Å². The molecule has 0 aliphatic carbocycles. The Hall–Kier alpha value is -1.59. The minimum absolute atomic E-state index is 0.0433. The Morgan fingerprint density at radius 2 is 2.22 bits per heavy atom. The SMILES string of the molecule is CC(C)CN1CCOC(CNC(=O)c2cccc(N(C)C)c2)C1. The highest BCUT2D eigenvalue weighted by atomic mass is 16.5. The maximum absolute atomic E-state index is 12.3. The maximum atomic E-state index is 12.3. The van der Waals surface area contributed by atoms with Crippen LogP contribution in [0.15, 0.2) is 24.3 Å². The molecule has 1 saturated heterocycles. The predicted molar refractivity (Wildman–Crippen MR) is 94.1 cm³/mol. The Morgan fingerprint density at radius 3 is 2.91 bits per heavy atom. The number of benzene rings is 1. The third kappa shape index (κ3) is 5.52. The van der Waals surface area contributed by atoms with E-state index < -0.39 is 0 Å². The molecule has 0 bridgehead atoms. The van der Waals surface area contributed by atoms with Crippen molar-refractivity contribution in [1.29, 1.82) is 0 Å². The fraction of sp³-hybridized carbons (Fsp3) is 0.611. The molecule has 1 atom stereocenters. The second-order valence-corrected chi connectivity index (χ2v) is 6.80. The summed E-state index contributed by atoms with van der Waals surface area (Å²) in [4.78, 5) is 16.7. The second-order valence-electron chi connectivity index (χ2n) is 6.80. The lowest BCUT2D eigenvalue weighted by Gasteiger charge is -2.33. The first-order valence-corrected chi connectivity index (χ1v) is 8.35. The first kappa shape index (κ1) is 17.8. The molecule has 2 rings (SSSR count). The molecule has 0 radical (unpaired) electrons. The van der Waals surface area contributed by atoms with Crippen molar-refractivity contribution in [3.63, 3.8) is 0 Å². The number of carbonyl (C=O) groups is 1. The molecule has 1 unspecified atom stereocenters. The maximum Gasteiger partial charge on any atom is 0.251 e. The molecule has 1 aromatic rings. The van der Waals surface area contributed by atoms with E-state index in [0.717, 1.165) is 31.9 Å². The topological polar surface area (TPSA) is 44.8 Å². The summed E-state index contributed by atoms with van der Waals surface area (Å²) in [5.41, 5.74) is 1.71. The second kappa shape index (κ2) is 8.31. The van der Waals surface area contributed by atoms with Crippen LogP contribution in [0.4, 0.5) is 5.69 Å². The number of hydrogen-bond acceptors (Lipinski definition) is 4. The third-order valence-electron chi connectivity index (χ3n) is 3.96. The van der Waals surface area contributed by atoms with Crippen LogP contribution in [-0.2, 0) is 4.74 Å². The lowest BCUT2D eigenvalue weighted by molar-refractivity contribution is -0.0295. The molecule has 1 fully saturated rings. The summed E-state index contributed by atoms with van der Waals surface area (Å²) in [6.45, 7) is 8.69. The third-order valence-corrected chi connectivity index (χ3v) is 3.96. The Bertz CT molecular complexity index is 517. The Balaban J connectivity index is 1.85. The minimum atomic E-state index is -0.0433. The van der Waals surface area contributed by atoms with Crippen molar-refractivity contribution in [3.05, 3.63) is 29.8 Å². The molecule has 0 spiro atoms. The molecule has 23 heavy (non-hydrogen) atoms. The van der Waals surface area contributed by atoms with Crippen LogP contribution in [0, 0.1) is 5.92 Å². The van der Waals surface area contributed by atoms with Crippen molar-refractivity contribution in [2.45, 2.75) is 20.0 Å². The number of nitrogens with zero attached hydrogens (tertiary/aromatic N) is 2. The zero-order valence-electron chi connectivity index (χ0n) is 14.7. The van der Waals surface area contributed by atoms with Gasteiger partial charge in [0, 0.05) is 51.5 Å². The lowest BCUT2D eigenvalue weighted by Crippen LogP contribution is -2.48. The molecule has 1 aliphatic rings. The molecule has 0 saturated carbocycles. The van der Waals surface area contributed by atoms with Crippen LogP contribution >= 0.6 is 0 Å². The van der Waals surface area contributed by atoms with E-state index in [2.05, 4.69) is 24.1 Å². The van der Waals surface area contributed by atoms with Crippen molar-refractivity contribution in [2.75, 3.05) is 51.8 Å². The number of anilines is 1. The van der Waals surface area contributed by atoms with Gasteiger partial charge in [-0.2, -0.15) is 0 Å². The van der Waals surface area contributed by atoms with E-state index in [1.807, 2.05) is 43.3 Å². The van der Waals surface area contributed by atoms with Crippen LogP contribution in [0.5, 0.6) is 0 Å². The first-order chi connectivity index (χ1) is 11.0. The molecular formula is C18H29N3O2. The zero-order valence-corrected chi connectivity index (χ0v) is 14.7. The van der Waals surface area contributed by atoms with Crippen molar-refractivity contribution >= 4 is 11.6 Å². The average Bonchev–Trinajstić information content (AvgIpc) is 2.52. The standard InChI is InChI=1S/C18H29N3O2/c1-14(2)12-21-8-9-23-17(13-21)11-19-18(22)15-6-5-7-16(10-15)20(3)4/h5-7,10,14,17H,8-9,11-13H2,1-4H3,(H,19,22). The zero-order chi connectivity index (χ0) is 16.8. The average molecular weight is 319 g/mol. The molecule has 1 N–H and O–H groups in total. The number of morpholine rings is 1.